The van der Waals surface area contributed by atoms with E-state index in [0.29, 0.717) is 17.8 Å². The van der Waals surface area contributed by atoms with Gasteiger partial charge < -0.3 is 11.1 Å². The Balaban J connectivity index is 2.64. The third kappa shape index (κ3) is 5.71. The predicted molar refractivity (Wildman–Crippen MR) is 76.4 cm³/mol. The largest absolute Gasteiger partial charge is 0.325 e. The van der Waals surface area contributed by atoms with Gasteiger partial charge >= 0.3 is 0 Å². The molecule has 0 atom stereocenters. The Bertz CT molecular complexity index is 512. The molecule has 7 heteroatoms. The van der Waals surface area contributed by atoms with E-state index in [1.165, 1.54) is 0 Å². The van der Waals surface area contributed by atoms with Crippen LogP contribution in [0.15, 0.2) is 24.3 Å². The molecule has 6 nitrogen and oxygen atoms in total. The molecule has 0 aromatic heterocycles. The highest BCUT2D eigenvalue weighted by molar-refractivity contribution is 7.92. The number of rotatable bonds is 7. The highest BCUT2D eigenvalue weighted by Crippen LogP contribution is 2.15. The number of carbonyl (C=O) groups is 1. The number of unbranched alkanes of at least 4 members (excludes halogenated alkanes) is 1. The van der Waals surface area contributed by atoms with E-state index in [1.807, 2.05) is 6.92 Å². The summed E-state index contributed by atoms with van der Waals surface area (Å²) in [5.74, 6) is -0.189. The van der Waals surface area contributed by atoms with Crippen LogP contribution in [0.2, 0.25) is 0 Å². The average Bonchev–Trinajstić information content (AvgIpc) is 2.38. The zero-order valence-electron chi connectivity index (χ0n) is 10.8. The fourth-order valence-corrected chi connectivity index (χ4v) is 2.66. The van der Waals surface area contributed by atoms with Gasteiger partial charge in [0.2, 0.25) is 15.9 Å². The summed E-state index contributed by atoms with van der Waals surface area (Å²) in [5, 5.41) is 2.57. The molecule has 0 saturated heterocycles. The number of hydrogen-bond acceptors (Lipinski definition) is 4. The number of carbonyl (C=O) groups excluding carboxylic acids is 1. The van der Waals surface area contributed by atoms with Gasteiger partial charge in [-0.3, -0.25) is 9.52 Å². The first-order valence-electron chi connectivity index (χ1n) is 6.07. The van der Waals surface area contributed by atoms with Crippen LogP contribution in [-0.4, -0.2) is 26.6 Å². The normalized spacial score (nSPS) is 11.1. The number of nitrogens with two attached hydrogens (primary N) is 1. The number of benzene rings is 1. The van der Waals surface area contributed by atoms with Crippen LogP contribution in [0.5, 0.6) is 0 Å². The highest BCUT2D eigenvalue weighted by Gasteiger charge is 2.09. The maximum atomic E-state index is 11.7. The van der Waals surface area contributed by atoms with Crippen molar-refractivity contribution in [3.05, 3.63) is 24.3 Å². The monoisotopic (exact) mass is 285 g/mol. The van der Waals surface area contributed by atoms with Crippen LogP contribution in [0, 0.1) is 0 Å². The SMILES string of the molecule is CCCCS(=O)(=O)Nc1ccc(NC(=O)CN)cc1. The molecule has 0 aliphatic rings. The number of amides is 1. The van der Waals surface area contributed by atoms with Crippen LogP contribution in [-0.2, 0) is 14.8 Å². The second kappa shape index (κ2) is 7.10. The van der Waals surface area contributed by atoms with E-state index in [-0.39, 0.29) is 18.2 Å². The van der Waals surface area contributed by atoms with Crippen LogP contribution < -0.4 is 15.8 Å². The fourth-order valence-electron chi connectivity index (χ4n) is 1.40. The van der Waals surface area contributed by atoms with Gasteiger partial charge in [0, 0.05) is 11.4 Å². The van der Waals surface area contributed by atoms with Gasteiger partial charge in [-0.2, -0.15) is 0 Å². The average molecular weight is 285 g/mol. The molecule has 1 rings (SSSR count). The van der Waals surface area contributed by atoms with Crippen LogP contribution in [0.3, 0.4) is 0 Å². The minimum absolute atomic E-state index is 0.0919. The van der Waals surface area contributed by atoms with E-state index in [4.69, 9.17) is 5.73 Å². The van der Waals surface area contributed by atoms with Gasteiger partial charge in [0.1, 0.15) is 0 Å². The Morgan fingerprint density at radius 3 is 2.32 bits per heavy atom. The van der Waals surface area contributed by atoms with Gasteiger partial charge in [0.05, 0.1) is 12.3 Å². The lowest BCUT2D eigenvalue weighted by Crippen LogP contribution is -2.21. The van der Waals surface area contributed by atoms with Crippen LogP contribution in [0.4, 0.5) is 11.4 Å². The van der Waals surface area contributed by atoms with E-state index in [0.717, 1.165) is 6.42 Å². The molecule has 0 radical (unpaired) electrons. The Labute approximate surface area is 113 Å². The molecule has 0 unspecified atom stereocenters. The maximum Gasteiger partial charge on any atom is 0.238 e. The van der Waals surface area contributed by atoms with Gasteiger partial charge in [-0.15, -0.1) is 0 Å². The summed E-state index contributed by atoms with van der Waals surface area (Å²) in [4.78, 5) is 11.1. The molecule has 0 fully saturated rings. The lowest BCUT2D eigenvalue weighted by Gasteiger charge is -2.08. The third-order valence-electron chi connectivity index (χ3n) is 2.39. The molecule has 0 bridgehead atoms. The molecule has 0 saturated carbocycles. The lowest BCUT2D eigenvalue weighted by molar-refractivity contribution is -0.114. The van der Waals surface area contributed by atoms with Crippen LogP contribution in [0.25, 0.3) is 0 Å². The zero-order chi connectivity index (χ0) is 14.3. The van der Waals surface area contributed by atoms with Crippen molar-refractivity contribution in [1.82, 2.24) is 0 Å². The van der Waals surface area contributed by atoms with E-state index < -0.39 is 10.0 Å². The first kappa shape index (κ1) is 15.5. The molecule has 0 aliphatic heterocycles. The molecule has 4 N–H and O–H groups in total. The van der Waals surface area contributed by atoms with Crippen molar-refractivity contribution in [1.29, 1.82) is 0 Å². The van der Waals surface area contributed by atoms with Gasteiger partial charge in [0.15, 0.2) is 0 Å². The molecule has 0 heterocycles. The molecular formula is C12H19N3O3S. The van der Waals surface area contributed by atoms with Crippen LogP contribution >= 0.6 is 0 Å². The molecule has 1 aromatic rings. The molecule has 19 heavy (non-hydrogen) atoms. The maximum absolute atomic E-state index is 11.7. The first-order chi connectivity index (χ1) is 8.96. The highest BCUT2D eigenvalue weighted by atomic mass is 32.2. The molecule has 0 spiro atoms. The summed E-state index contributed by atoms with van der Waals surface area (Å²) in [5.41, 5.74) is 6.23. The van der Waals surface area contributed by atoms with Crippen molar-refractivity contribution in [2.24, 2.45) is 5.73 Å². The van der Waals surface area contributed by atoms with Crippen molar-refractivity contribution in [3.8, 4) is 0 Å². The Kier molecular flexibility index (Phi) is 5.78. The van der Waals surface area contributed by atoms with Gasteiger partial charge in [-0.1, -0.05) is 13.3 Å². The number of nitrogens with one attached hydrogen (secondary N) is 2. The van der Waals surface area contributed by atoms with Crippen molar-refractivity contribution < 1.29 is 13.2 Å². The topological polar surface area (TPSA) is 101 Å². The second-order valence-electron chi connectivity index (χ2n) is 4.10. The predicted octanol–water partition coefficient (Wildman–Crippen LogP) is 1.13. The summed E-state index contributed by atoms with van der Waals surface area (Å²) >= 11 is 0. The summed E-state index contributed by atoms with van der Waals surface area (Å²) in [6.45, 7) is 1.84. The Morgan fingerprint density at radius 2 is 1.79 bits per heavy atom. The smallest absolute Gasteiger partial charge is 0.238 e. The minimum atomic E-state index is -3.29. The van der Waals surface area contributed by atoms with Gasteiger partial charge in [-0.05, 0) is 30.7 Å². The van der Waals surface area contributed by atoms with Gasteiger partial charge in [0.25, 0.3) is 0 Å². The zero-order valence-corrected chi connectivity index (χ0v) is 11.7. The number of sulfonamides is 1. The van der Waals surface area contributed by atoms with Crippen molar-refractivity contribution in [3.63, 3.8) is 0 Å². The van der Waals surface area contributed by atoms with Crippen LogP contribution in [0.1, 0.15) is 19.8 Å². The first-order valence-corrected chi connectivity index (χ1v) is 7.72. The summed E-state index contributed by atoms with van der Waals surface area (Å²) < 4.78 is 25.8. The van der Waals surface area contributed by atoms with E-state index in [9.17, 15) is 13.2 Å². The Morgan fingerprint density at radius 1 is 1.21 bits per heavy atom. The van der Waals surface area contributed by atoms with Crippen molar-refractivity contribution in [2.45, 2.75) is 19.8 Å². The third-order valence-corrected chi connectivity index (χ3v) is 3.77. The standard InChI is InChI=1S/C12H19N3O3S/c1-2-3-8-19(17,18)15-11-6-4-10(5-7-11)14-12(16)9-13/h4-7,15H,2-3,8-9,13H2,1H3,(H,14,16). The Hall–Kier alpha value is -1.60. The van der Waals surface area contributed by atoms with E-state index >= 15 is 0 Å². The quantitative estimate of drug-likeness (QED) is 0.699. The summed E-state index contributed by atoms with van der Waals surface area (Å²) in [7, 11) is -3.29. The number of anilines is 2. The van der Waals surface area contributed by atoms with Crippen molar-refractivity contribution >= 4 is 27.3 Å². The summed E-state index contributed by atoms with van der Waals surface area (Å²) in [6, 6.07) is 6.42. The molecule has 1 amide bonds. The van der Waals surface area contributed by atoms with E-state index in [1.54, 1.807) is 24.3 Å². The second-order valence-corrected chi connectivity index (χ2v) is 5.95. The molecule has 106 valence electrons. The lowest BCUT2D eigenvalue weighted by atomic mass is 10.3. The fraction of sp³-hybridized carbons (Fsp3) is 0.417. The molecule has 0 aliphatic carbocycles. The molecule has 1 aromatic carbocycles. The van der Waals surface area contributed by atoms with Gasteiger partial charge in [-0.25, -0.2) is 8.42 Å². The molecular weight excluding hydrogens is 266 g/mol. The van der Waals surface area contributed by atoms with Crippen molar-refractivity contribution in [2.75, 3.05) is 22.3 Å². The minimum Gasteiger partial charge on any atom is -0.325 e. The number of hydrogen-bond donors (Lipinski definition) is 3. The van der Waals surface area contributed by atoms with E-state index in [2.05, 4.69) is 10.0 Å². The summed E-state index contributed by atoms with van der Waals surface area (Å²) in [6.07, 6.45) is 1.45.